The van der Waals surface area contributed by atoms with Gasteiger partial charge in [0, 0.05) is 20.2 Å². The van der Waals surface area contributed by atoms with E-state index in [1.54, 1.807) is 7.11 Å². The summed E-state index contributed by atoms with van der Waals surface area (Å²) in [5.74, 6) is 0. The van der Waals surface area contributed by atoms with E-state index in [2.05, 4.69) is 12.8 Å². The first kappa shape index (κ1) is 5.41. The van der Waals surface area contributed by atoms with Gasteiger partial charge in [0.25, 0.3) is 0 Å². The van der Waals surface area contributed by atoms with Gasteiger partial charge in [0.1, 0.15) is 0 Å². The van der Waals surface area contributed by atoms with Crippen molar-refractivity contribution >= 4 is 12.8 Å². The van der Waals surface area contributed by atoms with Crippen molar-refractivity contribution in [3.8, 4) is 0 Å². The fraction of sp³-hybridized carbons (Fsp3) is 1.00. The first-order valence-corrected chi connectivity index (χ1v) is 2.69. The molecule has 1 fully saturated rings. The maximum Gasteiger partial charge on any atom is 0.0843 e. The van der Waals surface area contributed by atoms with Crippen molar-refractivity contribution in [2.75, 3.05) is 20.2 Å². The second-order valence-electron chi connectivity index (χ2n) is 1.73. The monoisotopic (exact) mass is 119 g/mol. The van der Waals surface area contributed by atoms with Gasteiger partial charge in [0.2, 0.25) is 0 Å². The molecule has 0 saturated carbocycles. The maximum absolute atomic E-state index is 4.97. The zero-order valence-corrected chi connectivity index (χ0v) is 5.19. The molecule has 1 saturated heterocycles. The van der Waals surface area contributed by atoms with Gasteiger partial charge in [-0.3, -0.25) is 0 Å². The number of ether oxygens (including phenoxy) is 1. The van der Waals surface area contributed by atoms with E-state index in [9.17, 15) is 0 Å². The molecular weight excluding hydrogens is 110 g/mol. The van der Waals surface area contributed by atoms with Crippen LogP contribution in [0, 0.1) is 0 Å². The summed E-state index contributed by atoms with van der Waals surface area (Å²) in [7, 11) is 1.73. The molecule has 1 heterocycles. The van der Waals surface area contributed by atoms with Crippen molar-refractivity contribution < 1.29 is 4.74 Å². The van der Waals surface area contributed by atoms with Gasteiger partial charge in [-0.1, -0.05) is 12.8 Å². The Morgan fingerprint density at radius 3 is 2.43 bits per heavy atom. The van der Waals surface area contributed by atoms with E-state index < -0.39 is 0 Å². The summed E-state index contributed by atoms with van der Waals surface area (Å²) in [4.78, 5) is 0. The van der Waals surface area contributed by atoms with Crippen LogP contribution in [0.1, 0.15) is 0 Å². The fourth-order valence-electron chi connectivity index (χ4n) is 0.566. The zero-order valence-electron chi connectivity index (χ0n) is 4.29. The Balaban J connectivity index is 2.06. The van der Waals surface area contributed by atoms with Gasteiger partial charge < -0.3 is 4.74 Å². The van der Waals surface area contributed by atoms with Crippen molar-refractivity contribution in [1.82, 2.24) is 4.31 Å². The van der Waals surface area contributed by atoms with E-state index in [1.165, 1.54) is 0 Å². The van der Waals surface area contributed by atoms with Crippen LogP contribution in [0.25, 0.3) is 0 Å². The van der Waals surface area contributed by atoms with Crippen molar-refractivity contribution in [2.45, 2.75) is 6.10 Å². The molecule has 2 nitrogen and oxygen atoms in total. The van der Waals surface area contributed by atoms with Crippen LogP contribution in [0.4, 0.5) is 0 Å². The van der Waals surface area contributed by atoms with E-state index in [-0.39, 0.29) is 0 Å². The van der Waals surface area contributed by atoms with Crippen LogP contribution in [0.15, 0.2) is 0 Å². The molecule has 0 unspecified atom stereocenters. The summed E-state index contributed by atoms with van der Waals surface area (Å²) in [6.07, 6.45) is 0.442. The summed E-state index contributed by atoms with van der Waals surface area (Å²) >= 11 is 4.05. The Kier molecular flexibility index (Phi) is 1.57. The largest absolute Gasteiger partial charge is 0.379 e. The minimum Gasteiger partial charge on any atom is -0.379 e. The number of hydrogen-bond donors (Lipinski definition) is 1. The molecule has 0 aromatic rings. The number of nitrogens with zero attached hydrogens (tertiary/aromatic N) is 1. The standard InChI is InChI=1S/C4H9NOS/c1-6-4-2-5(7)3-4/h4,7H,2-3H2,1H3. The highest BCUT2D eigenvalue weighted by molar-refractivity contribution is 7.77. The third-order valence-corrected chi connectivity index (χ3v) is 1.49. The molecule has 0 N–H and O–H groups in total. The second-order valence-corrected chi connectivity index (χ2v) is 2.29. The van der Waals surface area contributed by atoms with Gasteiger partial charge in [-0.05, 0) is 0 Å². The first-order chi connectivity index (χ1) is 3.33. The summed E-state index contributed by atoms with van der Waals surface area (Å²) in [6.45, 7) is 1.94. The molecule has 0 spiro atoms. The van der Waals surface area contributed by atoms with Crippen LogP contribution in [0.2, 0.25) is 0 Å². The van der Waals surface area contributed by atoms with Crippen molar-refractivity contribution in [3.05, 3.63) is 0 Å². The predicted octanol–water partition coefficient (Wildman–Crippen LogP) is 0.162. The number of hydrogen-bond acceptors (Lipinski definition) is 3. The highest BCUT2D eigenvalue weighted by Crippen LogP contribution is 2.11. The fourth-order valence-corrected chi connectivity index (χ4v) is 0.930. The lowest BCUT2D eigenvalue weighted by Gasteiger charge is -2.33. The normalized spacial score (nSPS) is 24.9. The molecule has 0 aliphatic carbocycles. The predicted molar refractivity (Wildman–Crippen MR) is 31.4 cm³/mol. The van der Waals surface area contributed by atoms with E-state index in [0.717, 1.165) is 13.1 Å². The van der Waals surface area contributed by atoms with Crippen LogP contribution in [-0.2, 0) is 4.74 Å². The lowest BCUT2D eigenvalue weighted by molar-refractivity contribution is 0.0185. The highest BCUT2D eigenvalue weighted by Gasteiger charge is 2.22. The zero-order chi connectivity index (χ0) is 5.28. The first-order valence-electron chi connectivity index (χ1n) is 2.29. The van der Waals surface area contributed by atoms with Crippen molar-refractivity contribution in [3.63, 3.8) is 0 Å². The SMILES string of the molecule is COC1CN(S)C1. The average Bonchev–Trinajstić information content (AvgIpc) is 1.58. The van der Waals surface area contributed by atoms with Crippen LogP contribution in [-0.4, -0.2) is 30.6 Å². The van der Waals surface area contributed by atoms with Crippen LogP contribution in [0.3, 0.4) is 0 Å². The molecule has 0 amide bonds. The average molecular weight is 119 g/mol. The molecule has 1 rings (SSSR count). The van der Waals surface area contributed by atoms with Gasteiger partial charge in [-0.25, -0.2) is 4.31 Å². The summed E-state index contributed by atoms with van der Waals surface area (Å²) < 4.78 is 6.89. The summed E-state index contributed by atoms with van der Waals surface area (Å²) in [5, 5.41) is 0. The summed E-state index contributed by atoms with van der Waals surface area (Å²) in [5.41, 5.74) is 0. The molecule has 0 bridgehead atoms. The Morgan fingerprint density at radius 2 is 2.29 bits per heavy atom. The molecule has 0 aromatic heterocycles. The van der Waals surface area contributed by atoms with Crippen molar-refractivity contribution in [1.29, 1.82) is 0 Å². The third kappa shape index (κ3) is 1.08. The molecule has 7 heavy (non-hydrogen) atoms. The quantitative estimate of drug-likeness (QED) is 0.494. The number of methoxy groups -OCH3 is 1. The molecule has 1 aliphatic heterocycles. The van der Waals surface area contributed by atoms with Gasteiger partial charge in [-0.15, -0.1) is 0 Å². The van der Waals surface area contributed by atoms with Gasteiger partial charge >= 0.3 is 0 Å². The lowest BCUT2D eigenvalue weighted by atomic mass is 10.2. The van der Waals surface area contributed by atoms with Crippen molar-refractivity contribution in [2.24, 2.45) is 0 Å². The lowest BCUT2D eigenvalue weighted by Crippen LogP contribution is -2.46. The third-order valence-electron chi connectivity index (χ3n) is 1.16. The topological polar surface area (TPSA) is 12.5 Å². The number of thiol groups is 1. The van der Waals surface area contributed by atoms with E-state index >= 15 is 0 Å². The summed E-state index contributed by atoms with van der Waals surface area (Å²) in [6, 6.07) is 0. The molecule has 0 radical (unpaired) electrons. The molecule has 1 aliphatic rings. The molecule has 0 atom stereocenters. The van der Waals surface area contributed by atoms with Gasteiger partial charge in [0.15, 0.2) is 0 Å². The Bertz CT molecular complexity index is 62.7. The molecule has 42 valence electrons. The van der Waals surface area contributed by atoms with E-state index in [4.69, 9.17) is 4.74 Å². The van der Waals surface area contributed by atoms with Crippen LogP contribution in [0.5, 0.6) is 0 Å². The smallest absolute Gasteiger partial charge is 0.0843 e. The Labute approximate surface area is 49.0 Å². The Morgan fingerprint density at radius 1 is 1.71 bits per heavy atom. The van der Waals surface area contributed by atoms with E-state index in [0.29, 0.717) is 6.10 Å². The molecule has 0 aromatic carbocycles. The molecular formula is C4H9NOS. The minimum absolute atomic E-state index is 0.442. The highest BCUT2D eigenvalue weighted by atomic mass is 32.1. The van der Waals surface area contributed by atoms with Gasteiger partial charge in [0.05, 0.1) is 6.10 Å². The van der Waals surface area contributed by atoms with Gasteiger partial charge in [-0.2, -0.15) is 0 Å². The van der Waals surface area contributed by atoms with Crippen LogP contribution >= 0.6 is 12.8 Å². The van der Waals surface area contributed by atoms with E-state index in [1.807, 2.05) is 4.31 Å². The minimum atomic E-state index is 0.442. The van der Waals surface area contributed by atoms with Crippen LogP contribution < -0.4 is 0 Å². The number of rotatable bonds is 1. The Hall–Kier alpha value is 0.270. The second kappa shape index (κ2) is 2.03. The maximum atomic E-state index is 4.97. The molecule has 3 heteroatoms.